The van der Waals surface area contributed by atoms with Gasteiger partial charge < -0.3 is 10.1 Å². The van der Waals surface area contributed by atoms with Crippen molar-refractivity contribution in [3.05, 3.63) is 86.5 Å². The number of aromatic hydroxyl groups is 1. The summed E-state index contributed by atoms with van der Waals surface area (Å²) in [6.07, 6.45) is 2.22. The first kappa shape index (κ1) is 16.6. The number of aromatic nitrogens is 3. The normalized spacial score (nSPS) is 11.2. The van der Waals surface area contributed by atoms with E-state index in [2.05, 4.69) is 25.9 Å². The van der Waals surface area contributed by atoms with Crippen LogP contribution in [-0.2, 0) is 6.42 Å². The molecule has 0 aromatic heterocycles. The fraction of sp³-hybridized carbons (Fsp3) is 0.100. The second-order valence-electron chi connectivity index (χ2n) is 6.25. The number of phenolic OH excluding ortho intramolecular Hbond substituents is 1. The minimum absolute atomic E-state index is 0.129. The van der Waals surface area contributed by atoms with Gasteiger partial charge in [-0.15, -0.1) is 0 Å². The van der Waals surface area contributed by atoms with Crippen LogP contribution in [-0.4, -0.2) is 19.6 Å². The summed E-state index contributed by atoms with van der Waals surface area (Å²) in [7, 11) is 0. The van der Waals surface area contributed by atoms with Crippen molar-refractivity contribution in [3.8, 4) is 22.8 Å². The highest BCUT2D eigenvalue weighted by Gasteiger charge is 2.19. The van der Waals surface area contributed by atoms with Crippen LogP contribution in [0.2, 0.25) is 0 Å². The number of hydrogen-bond acceptors (Lipinski definition) is 3. The molecule has 0 unspecified atom stereocenters. The van der Waals surface area contributed by atoms with E-state index in [1.54, 1.807) is 35.0 Å². The van der Waals surface area contributed by atoms with E-state index in [-0.39, 0.29) is 11.3 Å². The van der Waals surface area contributed by atoms with E-state index >= 15 is 0 Å². The average Bonchev–Trinajstić information content (AvgIpc) is 2.94. The highest BCUT2D eigenvalue weighted by Crippen LogP contribution is 2.26. The topological polar surface area (TPSA) is 70.9 Å². The Morgan fingerprint density at radius 3 is 2.50 bits per heavy atom. The quantitative estimate of drug-likeness (QED) is 0.536. The monoisotopic (exact) mass is 409 g/mol. The van der Waals surface area contributed by atoms with Crippen molar-refractivity contribution < 1.29 is 5.11 Å². The molecule has 2 aromatic carbocycles. The molecule has 2 aliphatic heterocycles. The lowest BCUT2D eigenvalue weighted by molar-refractivity contribution is 0.475. The molecule has 2 aliphatic rings. The van der Waals surface area contributed by atoms with Crippen LogP contribution < -0.4 is 5.56 Å². The zero-order valence-corrected chi connectivity index (χ0v) is 15.6. The zero-order valence-electron chi connectivity index (χ0n) is 14.0. The van der Waals surface area contributed by atoms with Gasteiger partial charge in [-0.05, 0) is 58.2 Å². The third-order valence-corrected chi connectivity index (χ3v) is 4.86. The van der Waals surface area contributed by atoms with Gasteiger partial charge in [-0.2, -0.15) is 0 Å². The van der Waals surface area contributed by atoms with Gasteiger partial charge in [0.1, 0.15) is 16.0 Å². The van der Waals surface area contributed by atoms with E-state index in [0.29, 0.717) is 22.5 Å². The first-order valence-corrected chi connectivity index (χ1v) is 8.95. The predicted octanol–water partition coefficient (Wildman–Crippen LogP) is 4.03. The lowest BCUT2D eigenvalue weighted by Crippen LogP contribution is -2.16. The Morgan fingerprint density at radius 1 is 1.12 bits per heavy atom. The Labute approximate surface area is 158 Å². The molecular formula is C20H16BrN3O2. The van der Waals surface area contributed by atoms with Crippen LogP contribution in [0, 0.1) is 6.92 Å². The number of H-pyrrole nitrogens is 1. The molecule has 0 bridgehead atoms. The number of aryl methyl sites for hydroxylation is 1. The molecular weight excluding hydrogens is 394 g/mol. The van der Waals surface area contributed by atoms with Crippen molar-refractivity contribution in [1.82, 2.24) is 14.5 Å². The van der Waals surface area contributed by atoms with Gasteiger partial charge in [-0.1, -0.05) is 29.8 Å². The summed E-state index contributed by atoms with van der Waals surface area (Å²) >= 11 is 3.47. The number of nitrogens with zero attached hydrogens (tertiary/aromatic N) is 2. The van der Waals surface area contributed by atoms with Crippen molar-refractivity contribution in [2.45, 2.75) is 13.3 Å². The fourth-order valence-corrected chi connectivity index (χ4v) is 3.37. The molecule has 2 heterocycles. The van der Waals surface area contributed by atoms with Crippen LogP contribution in [0.3, 0.4) is 0 Å². The third kappa shape index (κ3) is 3.04. The SMILES string of the molecule is Cc1ccc(Cc2nc3c(Br)[nH]c(-c4ccc(O)cc4)cn-3c2=O)cc1. The highest BCUT2D eigenvalue weighted by molar-refractivity contribution is 9.10. The van der Waals surface area contributed by atoms with Crippen molar-refractivity contribution in [2.24, 2.45) is 0 Å². The molecule has 2 aromatic rings. The predicted molar refractivity (Wildman–Crippen MR) is 104 cm³/mol. The summed E-state index contributed by atoms with van der Waals surface area (Å²) in [6, 6.07) is 14.9. The molecule has 0 aliphatic carbocycles. The van der Waals surface area contributed by atoms with Crippen LogP contribution in [0.4, 0.5) is 0 Å². The summed E-state index contributed by atoms with van der Waals surface area (Å²) in [4.78, 5) is 20.5. The smallest absolute Gasteiger partial charge is 0.278 e. The van der Waals surface area contributed by atoms with Crippen molar-refractivity contribution in [2.75, 3.05) is 0 Å². The molecule has 26 heavy (non-hydrogen) atoms. The molecule has 0 saturated heterocycles. The molecule has 0 spiro atoms. The van der Waals surface area contributed by atoms with E-state index in [1.165, 1.54) is 5.56 Å². The maximum atomic E-state index is 12.8. The summed E-state index contributed by atoms with van der Waals surface area (Å²) in [6.45, 7) is 2.03. The maximum Gasteiger partial charge on any atom is 0.278 e. The van der Waals surface area contributed by atoms with Crippen molar-refractivity contribution in [1.29, 1.82) is 0 Å². The Kier molecular flexibility index (Phi) is 4.12. The Balaban J connectivity index is 1.78. The van der Waals surface area contributed by atoms with E-state index in [1.807, 2.05) is 31.2 Å². The molecule has 4 rings (SSSR count). The molecule has 6 heteroatoms. The van der Waals surface area contributed by atoms with Gasteiger partial charge >= 0.3 is 0 Å². The van der Waals surface area contributed by atoms with Crippen LogP contribution in [0.5, 0.6) is 5.75 Å². The minimum Gasteiger partial charge on any atom is -0.508 e. The number of benzene rings is 2. The van der Waals surface area contributed by atoms with E-state index in [9.17, 15) is 9.90 Å². The molecule has 2 N–H and O–H groups in total. The second-order valence-corrected chi connectivity index (χ2v) is 7.04. The molecule has 0 atom stereocenters. The molecule has 130 valence electrons. The Morgan fingerprint density at radius 2 is 1.81 bits per heavy atom. The summed E-state index contributed by atoms with van der Waals surface area (Å²) in [5, 5.41) is 9.45. The van der Waals surface area contributed by atoms with Crippen LogP contribution in [0.15, 0.2) is 64.1 Å². The first-order chi connectivity index (χ1) is 12.5. The highest BCUT2D eigenvalue weighted by atomic mass is 79.9. The van der Waals surface area contributed by atoms with Gasteiger partial charge in [0.25, 0.3) is 5.56 Å². The molecule has 0 amide bonds. The van der Waals surface area contributed by atoms with Gasteiger partial charge in [0, 0.05) is 12.6 Å². The lowest BCUT2D eigenvalue weighted by atomic mass is 10.1. The lowest BCUT2D eigenvalue weighted by Gasteiger charge is -2.09. The molecule has 0 fully saturated rings. The average molecular weight is 410 g/mol. The number of hydrogen-bond donors (Lipinski definition) is 2. The molecule has 5 nitrogen and oxygen atoms in total. The van der Waals surface area contributed by atoms with Crippen molar-refractivity contribution in [3.63, 3.8) is 0 Å². The minimum atomic E-state index is -0.129. The number of fused-ring (bicyclic) bond motifs is 1. The van der Waals surface area contributed by atoms with Crippen molar-refractivity contribution >= 4 is 15.9 Å². The Hall–Kier alpha value is -2.86. The third-order valence-electron chi connectivity index (χ3n) is 4.30. The number of phenols is 1. The van der Waals surface area contributed by atoms with Gasteiger partial charge in [0.15, 0.2) is 5.82 Å². The number of rotatable bonds is 3. The number of imidazole rings is 1. The summed E-state index contributed by atoms with van der Waals surface area (Å²) < 4.78 is 2.18. The zero-order chi connectivity index (χ0) is 18.3. The van der Waals surface area contributed by atoms with Gasteiger partial charge in [-0.3, -0.25) is 9.36 Å². The fourth-order valence-electron chi connectivity index (χ4n) is 2.88. The largest absolute Gasteiger partial charge is 0.508 e. The van der Waals surface area contributed by atoms with E-state index in [4.69, 9.17) is 0 Å². The summed E-state index contributed by atoms with van der Waals surface area (Å²) in [5.74, 6) is 0.751. The molecule has 0 radical (unpaired) electrons. The van der Waals surface area contributed by atoms with E-state index < -0.39 is 0 Å². The van der Waals surface area contributed by atoms with Gasteiger partial charge in [-0.25, -0.2) is 4.98 Å². The maximum absolute atomic E-state index is 12.8. The standard InChI is InChI=1S/C20H16BrN3O2/c1-12-2-4-13(5-3-12)10-16-20(26)24-11-17(22-18(21)19(24)23-16)14-6-8-15(25)9-7-14/h2-9,11,22,25H,10H2,1H3. The van der Waals surface area contributed by atoms with Gasteiger partial charge in [0.05, 0.1) is 5.69 Å². The number of halogens is 1. The van der Waals surface area contributed by atoms with E-state index in [0.717, 1.165) is 16.8 Å². The first-order valence-electron chi connectivity index (χ1n) is 8.16. The van der Waals surface area contributed by atoms with Crippen LogP contribution in [0.25, 0.3) is 17.1 Å². The summed E-state index contributed by atoms with van der Waals surface area (Å²) in [5.41, 5.74) is 4.22. The second kappa shape index (κ2) is 6.46. The number of nitrogens with one attached hydrogen (secondary N) is 1. The number of aromatic amines is 1. The van der Waals surface area contributed by atoms with Crippen LogP contribution in [0.1, 0.15) is 16.8 Å². The van der Waals surface area contributed by atoms with Crippen LogP contribution >= 0.6 is 15.9 Å². The van der Waals surface area contributed by atoms with Gasteiger partial charge in [0.2, 0.25) is 0 Å². The Bertz CT molecular complexity index is 1100. The molecule has 0 saturated carbocycles.